The van der Waals surface area contributed by atoms with Crippen LogP contribution in [-0.2, 0) is 17.9 Å². The van der Waals surface area contributed by atoms with Gasteiger partial charge in [-0.05, 0) is 30.9 Å². The number of piperidine rings is 1. The van der Waals surface area contributed by atoms with E-state index in [-0.39, 0.29) is 18.0 Å². The van der Waals surface area contributed by atoms with Crippen LogP contribution in [0.15, 0.2) is 54.6 Å². The first kappa shape index (κ1) is 22.8. The fourth-order valence-corrected chi connectivity index (χ4v) is 3.95. The molecule has 0 unspecified atom stereocenters. The van der Waals surface area contributed by atoms with E-state index in [1.54, 1.807) is 11.9 Å². The molecule has 31 heavy (non-hydrogen) atoms. The Labute approximate surface area is 185 Å². The van der Waals surface area contributed by atoms with Crippen molar-refractivity contribution in [2.45, 2.75) is 45.3 Å². The minimum absolute atomic E-state index is 0.00291. The van der Waals surface area contributed by atoms with Crippen LogP contribution in [0, 0.1) is 6.92 Å². The minimum Gasteiger partial charge on any atom is -0.353 e. The van der Waals surface area contributed by atoms with Gasteiger partial charge in [-0.15, -0.1) is 0 Å². The van der Waals surface area contributed by atoms with Gasteiger partial charge in [0.2, 0.25) is 5.91 Å². The van der Waals surface area contributed by atoms with E-state index in [9.17, 15) is 9.59 Å². The average Bonchev–Trinajstić information content (AvgIpc) is 2.76. The zero-order valence-corrected chi connectivity index (χ0v) is 18.6. The Kier molecular flexibility index (Phi) is 8.47. The average molecular weight is 423 g/mol. The van der Waals surface area contributed by atoms with Gasteiger partial charge in [-0.3, -0.25) is 9.69 Å². The number of benzene rings is 2. The lowest BCUT2D eigenvalue weighted by atomic mass is 10.0. The quantitative estimate of drug-likeness (QED) is 0.686. The third kappa shape index (κ3) is 7.72. The molecule has 0 aromatic heterocycles. The van der Waals surface area contributed by atoms with E-state index in [0.717, 1.165) is 38.0 Å². The highest BCUT2D eigenvalue weighted by Gasteiger charge is 2.20. The van der Waals surface area contributed by atoms with Crippen molar-refractivity contribution in [2.24, 2.45) is 0 Å². The van der Waals surface area contributed by atoms with Gasteiger partial charge in [0.25, 0.3) is 0 Å². The fraction of sp³-hybridized carbons (Fsp3) is 0.440. The summed E-state index contributed by atoms with van der Waals surface area (Å²) in [6.07, 6.45) is 2.22. The molecule has 1 heterocycles. The van der Waals surface area contributed by atoms with Crippen molar-refractivity contribution < 1.29 is 9.59 Å². The van der Waals surface area contributed by atoms with E-state index in [1.165, 1.54) is 11.1 Å². The molecule has 6 heteroatoms. The Morgan fingerprint density at radius 2 is 1.74 bits per heavy atom. The maximum Gasteiger partial charge on any atom is 0.317 e. The summed E-state index contributed by atoms with van der Waals surface area (Å²) in [7, 11) is 1.76. The highest BCUT2D eigenvalue weighted by molar-refractivity contribution is 5.78. The molecule has 0 radical (unpaired) electrons. The van der Waals surface area contributed by atoms with E-state index in [1.807, 2.05) is 30.3 Å². The molecule has 0 atom stereocenters. The second-order valence-electron chi connectivity index (χ2n) is 8.43. The van der Waals surface area contributed by atoms with Gasteiger partial charge in [-0.25, -0.2) is 4.79 Å². The van der Waals surface area contributed by atoms with Gasteiger partial charge in [-0.2, -0.15) is 0 Å². The number of aryl methyl sites for hydroxylation is 1. The second-order valence-corrected chi connectivity index (χ2v) is 8.43. The van der Waals surface area contributed by atoms with E-state index < -0.39 is 0 Å². The molecule has 2 aromatic rings. The van der Waals surface area contributed by atoms with Crippen LogP contribution in [0.1, 0.15) is 36.0 Å². The Hall–Kier alpha value is -2.86. The van der Waals surface area contributed by atoms with E-state index in [4.69, 9.17) is 0 Å². The Bertz CT molecular complexity index is 848. The summed E-state index contributed by atoms with van der Waals surface area (Å²) < 4.78 is 0. The molecular weight excluding hydrogens is 388 g/mol. The fourth-order valence-electron chi connectivity index (χ4n) is 3.95. The van der Waals surface area contributed by atoms with Crippen molar-refractivity contribution in [1.29, 1.82) is 0 Å². The van der Waals surface area contributed by atoms with Gasteiger partial charge in [0.1, 0.15) is 0 Å². The number of nitrogens with one attached hydrogen (secondary N) is 2. The zero-order valence-electron chi connectivity index (χ0n) is 18.6. The van der Waals surface area contributed by atoms with Crippen molar-refractivity contribution in [3.8, 4) is 0 Å². The van der Waals surface area contributed by atoms with Gasteiger partial charge in [0.05, 0.1) is 0 Å². The molecule has 3 amide bonds. The summed E-state index contributed by atoms with van der Waals surface area (Å²) >= 11 is 0. The lowest BCUT2D eigenvalue weighted by Crippen LogP contribution is -2.45. The molecule has 2 aromatic carbocycles. The molecule has 0 saturated carbocycles. The molecule has 6 nitrogen and oxygen atoms in total. The van der Waals surface area contributed by atoms with Crippen molar-refractivity contribution in [3.05, 3.63) is 71.3 Å². The van der Waals surface area contributed by atoms with Gasteiger partial charge >= 0.3 is 6.03 Å². The third-order valence-corrected chi connectivity index (χ3v) is 5.68. The number of amides is 3. The maximum absolute atomic E-state index is 12.3. The molecule has 166 valence electrons. The smallest absolute Gasteiger partial charge is 0.317 e. The van der Waals surface area contributed by atoms with Crippen molar-refractivity contribution in [3.63, 3.8) is 0 Å². The molecule has 3 rings (SSSR count). The zero-order chi connectivity index (χ0) is 22.1. The van der Waals surface area contributed by atoms with Gasteiger partial charge in [0, 0.05) is 52.2 Å². The SMILES string of the molecule is Cc1cccc(CN2CCC(NC(=O)CCNC(=O)N(C)Cc3ccccc3)CC2)c1. The summed E-state index contributed by atoms with van der Waals surface area (Å²) in [4.78, 5) is 28.5. The van der Waals surface area contributed by atoms with Crippen molar-refractivity contribution in [2.75, 3.05) is 26.7 Å². The number of carbonyl (C=O) groups is 2. The first-order valence-corrected chi connectivity index (χ1v) is 11.1. The number of likely N-dealkylation sites (tertiary alicyclic amines) is 1. The van der Waals surface area contributed by atoms with E-state index >= 15 is 0 Å². The summed E-state index contributed by atoms with van der Waals surface area (Å²) in [6, 6.07) is 18.5. The molecular formula is C25H34N4O2. The largest absolute Gasteiger partial charge is 0.353 e. The van der Waals surface area contributed by atoms with Crippen LogP contribution in [0.5, 0.6) is 0 Å². The molecule has 1 aliphatic heterocycles. The maximum atomic E-state index is 12.3. The summed E-state index contributed by atoms with van der Waals surface area (Å²) in [5.74, 6) is 0.00291. The molecule has 2 N–H and O–H groups in total. The number of urea groups is 1. The van der Waals surface area contributed by atoms with E-state index in [2.05, 4.69) is 46.7 Å². The number of carbonyl (C=O) groups excluding carboxylic acids is 2. The number of rotatable bonds is 8. The van der Waals surface area contributed by atoms with Gasteiger partial charge in [0.15, 0.2) is 0 Å². The summed E-state index contributed by atoms with van der Waals surface area (Å²) in [5.41, 5.74) is 3.71. The Morgan fingerprint density at radius 1 is 1.03 bits per heavy atom. The number of hydrogen-bond acceptors (Lipinski definition) is 3. The normalized spacial score (nSPS) is 14.8. The van der Waals surface area contributed by atoms with Crippen LogP contribution in [0.4, 0.5) is 4.79 Å². The Morgan fingerprint density at radius 3 is 2.45 bits per heavy atom. The number of hydrogen-bond donors (Lipinski definition) is 2. The molecule has 0 spiro atoms. The molecule has 1 fully saturated rings. The topological polar surface area (TPSA) is 64.7 Å². The van der Waals surface area contributed by atoms with Gasteiger partial charge in [-0.1, -0.05) is 60.2 Å². The predicted molar refractivity (Wildman–Crippen MR) is 124 cm³/mol. The predicted octanol–water partition coefficient (Wildman–Crippen LogP) is 3.31. The standard InChI is InChI=1S/C25H34N4O2/c1-20-7-6-10-22(17-20)19-29-15-12-23(13-16-29)27-24(30)11-14-26-25(31)28(2)18-21-8-4-3-5-9-21/h3-10,17,23H,11-16,18-19H2,1-2H3,(H,26,31)(H,27,30). The van der Waals surface area contributed by atoms with Gasteiger partial charge < -0.3 is 15.5 Å². The summed E-state index contributed by atoms with van der Waals surface area (Å²) in [6.45, 7) is 5.94. The second kappa shape index (κ2) is 11.5. The third-order valence-electron chi connectivity index (χ3n) is 5.68. The van der Waals surface area contributed by atoms with Crippen LogP contribution < -0.4 is 10.6 Å². The van der Waals surface area contributed by atoms with Crippen molar-refractivity contribution >= 4 is 11.9 Å². The first-order valence-electron chi connectivity index (χ1n) is 11.1. The molecule has 1 saturated heterocycles. The lowest BCUT2D eigenvalue weighted by molar-refractivity contribution is -0.122. The van der Waals surface area contributed by atoms with Crippen LogP contribution in [-0.4, -0.2) is 54.5 Å². The first-order chi connectivity index (χ1) is 15.0. The van der Waals surface area contributed by atoms with Crippen LogP contribution in [0.25, 0.3) is 0 Å². The molecule has 0 aliphatic carbocycles. The molecule has 0 bridgehead atoms. The highest BCUT2D eigenvalue weighted by Crippen LogP contribution is 2.15. The minimum atomic E-state index is -0.166. The van der Waals surface area contributed by atoms with Crippen LogP contribution >= 0.6 is 0 Å². The lowest BCUT2D eigenvalue weighted by Gasteiger charge is -2.32. The highest BCUT2D eigenvalue weighted by atomic mass is 16.2. The summed E-state index contributed by atoms with van der Waals surface area (Å²) in [5, 5.41) is 5.95. The molecule has 1 aliphatic rings. The number of nitrogens with zero attached hydrogens (tertiary/aromatic N) is 2. The van der Waals surface area contributed by atoms with Crippen molar-refractivity contribution in [1.82, 2.24) is 20.4 Å². The van der Waals surface area contributed by atoms with E-state index in [0.29, 0.717) is 19.5 Å². The monoisotopic (exact) mass is 422 g/mol. The van der Waals surface area contributed by atoms with Crippen LogP contribution in [0.3, 0.4) is 0 Å². The van der Waals surface area contributed by atoms with Crippen LogP contribution in [0.2, 0.25) is 0 Å². The Balaban J connectivity index is 1.30.